The summed E-state index contributed by atoms with van der Waals surface area (Å²) in [4.78, 5) is 21.2. The van der Waals surface area contributed by atoms with E-state index in [1.54, 1.807) is 24.3 Å². The van der Waals surface area contributed by atoms with E-state index in [1.165, 1.54) is 12.0 Å². The molecule has 2 amide bonds. The zero-order valence-corrected chi connectivity index (χ0v) is 15.1. The number of nitrogens with zero attached hydrogens (tertiary/aromatic N) is 3. The van der Waals surface area contributed by atoms with Crippen LogP contribution in [-0.2, 0) is 6.18 Å². The zero-order valence-electron chi connectivity index (χ0n) is 15.1. The van der Waals surface area contributed by atoms with E-state index in [0.717, 1.165) is 12.3 Å². The van der Waals surface area contributed by atoms with Crippen molar-refractivity contribution < 1.29 is 27.4 Å². The van der Waals surface area contributed by atoms with Crippen LogP contribution >= 0.6 is 0 Å². The van der Waals surface area contributed by atoms with Crippen LogP contribution < -0.4 is 14.8 Å². The van der Waals surface area contributed by atoms with E-state index in [1.807, 2.05) is 0 Å². The average Bonchev–Trinajstić information content (AvgIpc) is 2.68. The Morgan fingerprint density at radius 1 is 1.29 bits per heavy atom. The summed E-state index contributed by atoms with van der Waals surface area (Å²) in [5.41, 5.74) is -0.543. The van der Waals surface area contributed by atoms with Gasteiger partial charge in [-0.05, 0) is 31.0 Å². The first-order chi connectivity index (χ1) is 13.4. The Hall–Kier alpha value is -3.04. The molecule has 0 spiro atoms. The van der Waals surface area contributed by atoms with Gasteiger partial charge in [-0.3, -0.25) is 0 Å². The third kappa shape index (κ3) is 4.81. The van der Waals surface area contributed by atoms with Crippen molar-refractivity contribution in [1.82, 2.24) is 14.9 Å². The molecule has 3 rings (SSSR count). The summed E-state index contributed by atoms with van der Waals surface area (Å²) in [5.74, 6) is 0.526. The molecular formula is C18H19F3N4O3. The molecule has 150 valence electrons. The minimum absolute atomic E-state index is 0.209. The molecule has 1 aliphatic rings. The van der Waals surface area contributed by atoms with Gasteiger partial charge in [-0.15, -0.1) is 0 Å². The van der Waals surface area contributed by atoms with E-state index < -0.39 is 18.0 Å². The minimum Gasteiger partial charge on any atom is -0.495 e. The number of methoxy groups -OCH3 is 1. The average molecular weight is 396 g/mol. The Bertz CT molecular complexity index is 832. The number of anilines is 1. The number of aromatic nitrogens is 2. The number of hydrogen-bond donors (Lipinski definition) is 1. The number of urea groups is 1. The Labute approximate surface area is 159 Å². The van der Waals surface area contributed by atoms with Crippen molar-refractivity contribution in [3.05, 3.63) is 42.2 Å². The predicted octanol–water partition coefficient (Wildman–Crippen LogP) is 3.58. The molecule has 0 saturated carbocycles. The minimum atomic E-state index is -4.58. The molecule has 1 aromatic carbocycles. The second-order valence-corrected chi connectivity index (χ2v) is 6.18. The SMILES string of the molecule is COc1ccccc1NC(=O)N1CCCC(Oc2nccc(C(F)(F)F)n2)C1. The first-order valence-corrected chi connectivity index (χ1v) is 8.62. The van der Waals surface area contributed by atoms with Gasteiger partial charge in [0, 0.05) is 12.7 Å². The second-order valence-electron chi connectivity index (χ2n) is 6.18. The number of amides is 2. The van der Waals surface area contributed by atoms with Crippen LogP contribution in [-0.4, -0.2) is 47.2 Å². The topological polar surface area (TPSA) is 76.6 Å². The standard InChI is InChI=1S/C18H19F3N4O3/c1-27-14-7-3-2-6-13(14)23-17(26)25-10-4-5-12(11-25)28-16-22-9-8-15(24-16)18(19,20)21/h2-3,6-9,12H,4-5,10-11H2,1H3,(H,23,26). The van der Waals surface area contributed by atoms with Gasteiger partial charge in [0.05, 0.1) is 19.3 Å². The maximum atomic E-state index is 12.8. The van der Waals surface area contributed by atoms with Crippen LogP contribution in [0, 0.1) is 0 Å². The number of ether oxygens (including phenoxy) is 2. The van der Waals surface area contributed by atoms with Gasteiger partial charge in [0.1, 0.15) is 11.9 Å². The van der Waals surface area contributed by atoms with Gasteiger partial charge in [0.25, 0.3) is 0 Å². The highest BCUT2D eigenvalue weighted by Crippen LogP contribution is 2.28. The van der Waals surface area contributed by atoms with Gasteiger partial charge in [0.2, 0.25) is 0 Å². The van der Waals surface area contributed by atoms with Crippen LogP contribution in [0.5, 0.6) is 11.8 Å². The van der Waals surface area contributed by atoms with Crippen molar-refractivity contribution in [1.29, 1.82) is 0 Å². The summed E-state index contributed by atoms with van der Waals surface area (Å²) >= 11 is 0. The number of alkyl halides is 3. The molecule has 1 saturated heterocycles. The Morgan fingerprint density at radius 3 is 2.82 bits per heavy atom. The summed E-state index contributed by atoms with van der Waals surface area (Å²) in [7, 11) is 1.50. The summed E-state index contributed by atoms with van der Waals surface area (Å²) in [6, 6.07) is 7.07. The fraction of sp³-hybridized carbons (Fsp3) is 0.389. The number of hydrogen-bond acceptors (Lipinski definition) is 5. The highest BCUT2D eigenvalue weighted by Gasteiger charge is 2.33. The lowest BCUT2D eigenvalue weighted by atomic mass is 10.1. The fourth-order valence-corrected chi connectivity index (χ4v) is 2.87. The fourth-order valence-electron chi connectivity index (χ4n) is 2.87. The van der Waals surface area contributed by atoms with Crippen LogP contribution in [0.4, 0.5) is 23.7 Å². The quantitative estimate of drug-likeness (QED) is 0.855. The molecule has 0 bridgehead atoms. The molecule has 2 aromatic rings. The number of rotatable bonds is 4. The third-order valence-corrected chi connectivity index (χ3v) is 4.21. The van der Waals surface area contributed by atoms with Crippen LogP contribution in [0.25, 0.3) is 0 Å². The molecule has 2 heterocycles. The van der Waals surface area contributed by atoms with Crippen molar-refractivity contribution in [2.75, 3.05) is 25.5 Å². The van der Waals surface area contributed by atoms with E-state index in [0.29, 0.717) is 30.8 Å². The van der Waals surface area contributed by atoms with E-state index in [4.69, 9.17) is 9.47 Å². The number of carbonyl (C=O) groups excluding carboxylic acids is 1. The lowest BCUT2D eigenvalue weighted by Gasteiger charge is -2.32. The van der Waals surface area contributed by atoms with Crippen molar-refractivity contribution in [3.63, 3.8) is 0 Å². The number of piperidine rings is 1. The first-order valence-electron chi connectivity index (χ1n) is 8.62. The lowest BCUT2D eigenvalue weighted by Crippen LogP contribution is -2.46. The number of halogens is 3. The smallest absolute Gasteiger partial charge is 0.433 e. The molecule has 1 N–H and O–H groups in total. The molecule has 0 aliphatic carbocycles. The van der Waals surface area contributed by atoms with Gasteiger partial charge in [-0.1, -0.05) is 12.1 Å². The summed E-state index contributed by atoms with van der Waals surface area (Å²) in [5, 5.41) is 2.77. The number of likely N-dealkylation sites (tertiary alicyclic amines) is 1. The zero-order chi connectivity index (χ0) is 20.1. The Balaban J connectivity index is 1.63. The first kappa shape index (κ1) is 19.7. The molecule has 0 radical (unpaired) electrons. The van der Waals surface area contributed by atoms with E-state index in [2.05, 4.69) is 15.3 Å². The Kier molecular flexibility index (Phi) is 5.86. The molecule has 10 heteroatoms. The molecule has 1 unspecified atom stereocenters. The summed E-state index contributed by atoms with van der Waals surface area (Å²) in [6.07, 6.45) is -2.85. The molecule has 1 fully saturated rings. The third-order valence-electron chi connectivity index (χ3n) is 4.21. The van der Waals surface area contributed by atoms with E-state index >= 15 is 0 Å². The van der Waals surface area contributed by atoms with E-state index in [-0.39, 0.29) is 18.6 Å². The van der Waals surface area contributed by atoms with Crippen LogP contribution in [0.2, 0.25) is 0 Å². The number of para-hydroxylation sites is 2. The van der Waals surface area contributed by atoms with Gasteiger partial charge >= 0.3 is 18.2 Å². The lowest BCUT2D eigenvalue weighted by molar-refractivity contribution is -0.141. The highest BCUT2D eigenvalue weighted by molar-refractivity contribution is 5.91. The molecular weight excluding hydrogens is 377 g/mol. The largest absolute Gasteiger partial charge is 0.495 e. The molecule has 1 aromatic heterocycles. The van der Waals surface area contributed by atoms with E-state index in [9.17, 15) is 18.0 Å². The monoisotopic (exact) mass is 396 g/mol. The number of carbonyl (C=O) groups is 1. The van der Waals surface area contributed by atoms with Crippen molar-refractivity contribution >= 4 is 11.7 Å². The number of nitrogens with one attached hydrogen (secondary N) is 1. The highest BCUT2D eigenvalue weighted by atomic mass is 19.4. The maximum Gasteiger partial charge on any atom is 0.433 e. The normalized spacial score (nSPS) is 17.1. The summed E-state index contributed by atoms with van der Waals surface area (Å²) in [6.45, 7) is 0.713. The van der Waals surface area contributed by atoms with Gasteiger partial charge in [0.15, 0.2) is 5.69 Å². The van der Waals surface area contributed by atoms with Crippen molar-refractivity contribution in [3.8, 4) is 11.8 Å². The Morgan fingerprint density at radius 2 is 2.07 bits per heavy atom. The molecule has 7 nitrogen and oxygen atoms in total. The van der Waals surface area contributed by atoms with Gasteiger partial charge in [-0.2, -0.15) is 18.2 Å². The molecule has 1 aliphatic heterocycles. The predicted molar refractivity (Wildman–Crippen MR) is 94.3 cm³/mol. The summed E-state index contributed by atoms with van der Waals surface area (Å²) < 4.78 is 49.0. The molecule has 1 atom stereocenters. The van der Waals surface area contributed by atoms with Crippen molar-refractivity contribution in [2.24, 2.45) is 0 Å². The second kappa shape index (κ2) is 8.32. The maximum absolute atomic E-state index is 12.8. The van der Waals surface area contributed by atoms with Crippen LogP contribution in [0.3, 0.4) is 0 Å². The van der Waals surface area contributed by atoms with Crippen molar-refractivity contribution in [2.45, 2.75) is 25.1 Å². The van der Waals surface area contributed by atoms with Gasteiger partial charge in [-0.25, -0.2) is 9.78 Å². The van der Waals surface area contributed by atoms with Gasteiger partial charge < -0.3 is 19.7 Å². The van der Waals surface area contributed by atoms with Crippen LogP contribution in [0.1, 0.15) is 18.5 Å². The number of benzene rings is 1. The van der Waals surface area contributed by atoms with Crippen LogP contribution in [0.15, 0.2) is 36.5 Å². The molecule has 28 heavy (non-hydrogen) atoms.